The van der Waals surface area contributed by atoms with E-state index in [1.54, 1.807) is 0 Å². The molecule has 0 radical (unpaired) electrons. The number of amides is 2. The number of esters is 2. The first-order chi connectivity index (χ1) is 7.89. The highest BCUT2D eigenvalue weighted by atomic mass is 16.7. The highest BCUT2D eigenvalue weighted by Crippen LogP contribution is 2.23. The highest BCUT2D eigenvalue weighted by Gasteiger charge is 2.39. The monoisotopic (exact) mass is 240 g/mol. The van der Waals surface area contributed by atoms with Crippen LogP contribution < -0.4 is 5.32 Å². The van der Waals surface area contributed by atoms with Crippen LogP contribution in [-0.4, -0.2) is 41.7 Å². The number of carbonyl (C=O) groups excluding carboxylic acids is 3. The Kier molecular flexibility index (Phi) is 2.53. The fourth-order valence-electron chi connectivity index (χ4n) is 1.53. The summed E-state index contributed by atoms with van der Waals surface area (Å²) in [6.45, 7) is 3.79. The molecule has 0 unspecified atom stereocenters. The van der Waals surface area contributed by atoms with Crippen LogP contribution in [-0.2, 0) is 19.1 Å². The van der Waals surface area contributed by atoms with Crippen molar-refractivity contribution < 1.29 is 23.9 Å². The number of ether oxygens (including phenoxy) is 2. The zero-order chi connectivity index (χ0) is 12.6. The molecule has 0 atom stereocenters. The van der Waals surface area contributed by atoms with Crippen LogP contribution in [0.5, 0.6) is 0 Å². The minimum absolute atomic E-state index is 0.277. The maximum absolute atomic E-state index is 11.6. The summed E-state index contributed by atoms with van der Waals surface area (Å²) in [5.74, 6) is -2.84. The molecule has 17 heavy (non-hydrogen) atoms. The minimum atomic E-state index is -1.27. The maximum Gasteiger partial charge on any atom is 0.350 e. The average Bonchev–Trinajstić information content (AvgIpc) is 2.56. The van der Waals surface area contributed by atoms with Gasteiger partial charge in [-0.1, -0.05) is 0 Å². The summed E-state index contributed by atoms with van der Waals surface area (Å²) in [6.07, 6.45) is 1.16. The molecule has 2 heterocycles. The lowest BCUT2D eigenvalue weighted by atomic mass is 10.2. The number of urea groups is 1. The SMILES string of the molecule is CC1(C)OC(=O)C(=CN2CCNC2=O)C(=O)O1. The molecule has 2 rings (SSSR count). The number of hydrogen-bond donors (Lipinski definition) is 1. The standard InChI is InChI=1S/C10H12N2O5/c1-10(2)16-7(13)6(8(14)17-10)5-12-4-3-11-9(12)15/h5H,3-4H2,1-2H3,(H,11,15). The lowest BCUT2D eigenvalue weighted by Crippen LogP contribution is -2.42. The second-order valence-electron chi connectivity index (χ2n) is 4.15. The number of hydrogen-bond acceptors (Lipinski definition) is 5. The predicted octanol–water partition coefficient (Wildman–Crippen LogP) is -0.268. The number of rotatable bonds is 1. The third-order valence-corrected chi connectivity index (χ3v) is 2.29. The Morgan fingerprint density at radius 2 is 1.82 bits per heavy atom. The van der Waals surface area contributed by atoms with Crippen molar-refractivity contribution in [2.45, 2.75) is 19.6 Å². The van der Waals surface area contributed by atoms with Gasteiger partial charge in [0.25, 0.3) is 5.79 Å². The van der Waals surface area contributed by atoms with Crippen molar-refractivity contribution in [1.29, 1.82) is 0 Å². The molecular weight excluding hydrogens is 228 g/mol. The van der Waals surface area contributed by atoms with E-state index in [0.717, 1.165) is 6.20 Å². The summed E-state index contributed by atoms with van der Waals surface area (Å²) in [5.41, 5.74) is -0.277. The Morgan fingerprint density at radius 1 is 1.24 bits per heavy atom. The van der Waals surface area contributed by atoms with Crippen LogP contribution in [0.4, 0.5) is 4.79 Å². The molecule has 2 aliphatic rings. The van der Waals surface area contributed by atoms with Gasteiger partial charge >= 0.3 is 18.0 Å². The van der Waals surface area contributed by atoms with Crippen molar-refractivity contribution in [3.63, 3.8) is 0 Å². The van der Waals surface area contributed by atoms with Crippen LogP contribution in [0.2, 0.25) is 0 Å². The van der Waals surface area contributed by atoms with E-state index in [4.69, 9.17) is 9.47 Å². The molecule has 0 aromatic carbocycles. The van der Waals surface area contributed by atoms with Crippen molar-refractivity contribution >= 4 is 18.0 Å². The second kappa shape index (κ2) is 3.76. The van der Waals surface area contributed by atoms with E-state index in [-0.39, 0.29) is 11.6 Å². The summed E-state index contributed by atoms with van der Waals surface area (Å²) >= 11 is 0. The van der Waals surface area contributed by atoms with E-state index in [9.17, 15) is 14.4 Å². The van der Waals surface area contributed by atoms with Gasteiger partial charge in [0.2, 0.25) is 0 Å². The number of nitrogens with one attached hydrogen (secondary N) is 1. The van der Waals surface area contributed by atoms with E-state index in [1.807, 2.05) is 0 Å². The van der Waals surface area contributed by atoms with Crippen LogP contribution in [0.15, 0.2) is 11.8 Å². The quantitative estimate of drug-likeness (QED) is 0.387. The van der Waals surface area contributed by atoms with Gasteiger partial charge in [0, 0.05) is 33.1 Å². The molecule has 0 aliphatic carbocycles. The van der Waals surface area contributed by atoms with Crippen LogP contribution in [0.25, 0.3) is 0 Å². The molecule has 2 saturated heterocycles. The lowest BCUT2D eigenvalue weighted by molar-refractivity contribution is -0.222. The molecule has 2 amide bonds. The summed E-state index contributed by atoms with van der Waals surface area (Å²) in [7, 11) is 0. The Morgan fingerprint density at radius 3 is 2.29 bits per heavy atom. The lowest BCUT2D eigenvalue weighted by Gasteiger charge is -2.30. The van der Waals surface area contributed by atoms with Crippen molar-refractivity contribution in [2.75, 3.05) is 13.1 Å². The van der Waals surface area contributed by atoms with Crippen molar-refractivity contribution in [3.05, 3.63) is 11.8 Å². The molecule has 7 nitrogen and oxygen atoms in total. The fraction of sp³-hybridized carbons (Fsp3) is 0.500. The number of cyclic esters (lactones) is 2. The predicted molar refractivity (Wildman–Crippen MR) is 54.5 cm³/mol. The van der Waals surface area contributed by atoms with Gasteiger partial charge in [-0.2, -0.15) is 0 Å². The van der Waals surface area contributed by atoms with Crippen molar-refractivity contribution in [1.82, 2.24) is 10.2 Å². The second-order valence-corrected chi connectivity index (χ2v) is 4.15. The largest absolute Gasteiger partial charge is 0.419 e. The summed E-state index contributed by atoms with van der Waals surface area (Å²) in [6, 6.07) is -0.358. The molecule has 0 spiro atoms. The van der Waals surface area contributed by atoms with Gasteiger partial charge in [-0.3, -0.25) is 4.90 Å². The first-order valence-electron chi connectivity index (χ1n) is 5.12. The molecule has 0 saturated carbocycles. The topological polar surface area (TPSA) is 84.9 Å². The summed E-state index contributed by atoms with van der Waals surface area (Å²) in [5, 5.41) is 2.54. The van der Waals surface area contributed by atoms with Gasteiger partial charge in [0.1, 0.15) is 0 Å². The zero-order valence-electron chi connectivity index (χ0n) is 9.48. The van der Waals surface area contributed by atoms with Gasteiger partial charge in [-0.05, 0) is 0 Å². The highest BCUT2D eigenvalue weighted by molar-refractivity contribution is 6.15. The molecular formula is C10H12N2O5. The minimum Gasteiger partial charge on any atom is -0.419 e. The first kappa shape index (κ1) is 11.4. The fourth-order valence-corrected chi connectivity index (χ4v) is 1.53. The van der Waals surface area contributed by atoms with Gasteiger partial charge < -0.3 is 14.8 Å². The number of nitrogens with zero attached hydrogens (tertiary/aromatic N) is 1. The van der Waals surface area contributed by atoms with Gasteiger partial charge in [-0.25, -0.2) is 14.4 Å². The molecule has 2 aliphatic heterocycles. The van der Waals surface area contributed by atoms with Crippen LogP contribution in [0.3, 0.4) is 0 Å². The van der Waals surface area contributed by atoms with Gasteiger partial charge in [0.15, 0.2) is 5.57 Å². The van der Waals surface area contributed by atoms with E-state index in [2.05, 4.69) is 5.32 Å². The molecule has 1 N–H and O–H groups in total. The van der Waals surface area contributed by atoms with E-state index >= 15 is 0 Å². The Balaban J connectivity index is 2.21. The Labute approximate surface area is 97.3 Å². The molecule has 7 heteroatoms. The Hall–Kier alpha value is -2.05. The third-order valence-electron chi connectivity index (χ3n) is 2.29. The van der Waals surface area contributed by atoms with Crippen molar-refractivity contribution in [2.24, 2.45) is 0 Å². The van der Waals surface area contributed by atoms with Crippen LogP contribution >= 0.6 is 0 Å². The van der Waals surface area contributed by atoms with E-state index in [0.29, 0.717) is 13.1 Å². The normalized spacial score (nSPS) is 23.1. The summed E-state index contributed by atoms with van der Waals surface area (Å²) < 4.78 is 9.79. The zero-order valence-corrected chi connectivity index (χ0v) is 9.48. The molecule has 0 bridgehead atoms. The van der Waals surface area contributed by atoms with E-state index < -0.39 is 17.7 Å². The van der Waals surface area contributed by atoms with Crippen molar-refractivity contribution in [3.8, 4) is 0 Å². The molecule has 0 aromatic rings. The number of carbonyl (C=O) groups is 3. The van der Waals surface area contributed by atoms with Gasteiger partial charge in [0.05, 0.1) is 0 Å². The molecule has 92 valence electrons. The molecule has 2 fully saturated rings. The van der Waals surface area contributed by atoms with Crippen LogP contribution in [0.1, 0.15) is 13.8 Å². The molecule has 0 aromatic heterocycles. The average molecular weight is 240 g/mol. The van der Waals surface area contributed by atoms with Crippen LogP contribution in [0, 0.1) is 0 Å². The third kappa shape index (κ3) is 2.22. The first-order valence-corrected chi connectivity index (χ1v) is 5.12. The smallest absolute Gasteiger partial charge is 0.350 e. The summed E-state index contributed by atoms with van der Waals surface area (Å²) in [4.78, 5) is 35.6. The van der Waals surface area contributed by atoms with Gasteiger partial charge in [-0.15, -0.1) is 0 Å². The van der Waals surface area contributed by atoms with E-state index in [1.165, 1.54) is 18.7 Å². The Bertz CT molecular complexity index is 404. The maximum atomic E-state index is 11.6.